The number of piperazine rings is 1. The SMILES string of the molecule is O=C1CCC(c2ccc(F)cc2)C(=O)/C1=C/NCCN1CCN(CCO)CC1. The Bertz CT molecular complexity index is 712. The van der Waals surface area contributed by atoms with Gasteiger partial charge in [-0.3, -0.25) is 19.4 Å². The van der Waals surface area contributed by atoms with Crippen LogP contribution in [0.3, 0.4) is 0 Å². The average molecular weight is 389 g/mol. The molecule has 0 spiro atoms. The third-order valence-electron chi connectivity index (χ3n) is 5.51. The second-order valence-electron chi connectivity index (χ2n) is 7.35. The number of benzene rings is 1. The molecule has 2 fully saturated rings. The zero-order valence-corrected chi connectivity index (χ0v) is 16.1. The van der Waals surface area contributed by atoms with Crippen LogP contribution in [0.1, 0.15) is 24.3 Å². The zero-order chi connectivity index (χ0) is 19.9. The maximum Gasteiger partial charge on any atom is 0.175 e. The van der Waals surface area contributed by atoms with Gasteiger partial charge in [0.2, 0.25) is 0 Å². The highest BCUT2D eigenvalue weighted by Gasteiger charge is 2.33. The summed E-state index contributed by atoms with van der Waals surface area (Å²) in [5.41, 5.74) is 0.971. The summed E-state index contributed by atoms with van der Waals surface area (Å²) in [5, 5.41) is 12.1. The van der Waals surface area contributed by atoms with Crippen LogP contribution >= 0.6 is 0 Å². The molecule has 0 amide bonds. The number of hydrogen-bond acceptors (Lipinski definition) is 6. The van der Waals surface area contributed by atoms with E-state index in [1.807, 2.05) is 0 Å². The fourth-order valence-electron chi connectivity index (χ4n) is 3.81. The van der Waals surface area contributed by atoms with Crippen LogP contribution in [0.25, 0.3) is 0 Å². The number of allylic oxidation sites excluding steroid dienone is 1. The Labute approximate surface area is 165 Å². The third-order valence-corrected chi connectivity index (χ3v) is 5.51. The van der Waals surface area contributed by atoms with Crippen LogP contribution < -0.4 is 5.32 Å². The van der Waals surface area contributed by atoms with Crippen molar-refractivity contribution in [1.29, 1.82) is 0 Å². The van der Waals surface area contributed by atoms with E-state index < -0.39 is 0 Å². The van der Waals surface area contributed by atoms with Gasteiger partial charge in [0.05, 0.1) is 12.2 Å². The molecule has 1 saturated carbocycles. The lowest BCUT2D eigenvalue weighted by Gasteiger charge is -2.34. The third kappa shape index (κ3) is 5.25. The maximum atomic E-state index is 13.1. The fraction of sp³-hybridized carbons (Fsp3) is 0.524. The van der Waals surface area contributed by atoms with E-state index in [0.717, 1.165) is 44.8 Å². The molecule has 28 heavy (non-hydrogen) atoms. The first-order valence-corrected chi connectivity index (χ1v) is 9.90. The molecule has 1 unspecified atom stereocenters. The van der Waals surface area contributed by atoms with Crippen molar-refractivity contribution in [2.45, 2.75) is 18.8 Å². The molecule has 1 aromatic rings. The van der Waals surface area contributed by atoms with Gasteiger partial charge in [0, 0.05) is 64.4 Å². The first-order valence-electron chi connectivity index (χ1n) is 9.90. The van der Waals surface area contributed by atoms with Crippen molar-refractivity contribution in [1.82, 2.24) is 15.1 Å². The highest BCUT2D eigenvalue weighted by molar-refractivity contribution is 6.23. The van der Waals surface area contributed by atoms with Crippen LogP contribution in [-0.4, -0.2) is 78.9 Å². The molecule has 1 aliphatic carbocycles. The number of aliphatic hydroxyl groups is 1. The van der Waals surface area contributed by atoms with E-state index in [9.17, 15) is 14.0 Å². The van der Waals surface area contributed by atoms with Gasteiger partial charge in [0.15, 0.2) is 11.6 Å². The van der Waals surface area contributed by atoms with Crippen molar-refractivity contribution in [3.63, 3.8) is 0 Å². The number of carbonyl (C=O) groups is 2. The van der Waals surface area contributed by atoms with Crippen molar-refractivity contribution < 1.29 is 19.1 Å². The largest absolute Gasteiger partial charge is 0.395 e. The van der Waals surface area contributed by atoms with E-state index in [0.29, 0.717) is 19.4 Å². The van der Waals surface area contributed by atoms with E-state index in [4.69, 9.17) is 5.11 Å². The minimum absolute atomic E-state index is 0.131. The Hall–Kier alpha value is -2.09. The lowest BCUT2D eigenvalue weighted by Crippen LogP contribution is -2.48. The lowest BCUT2D eigenvalue weighted by molar-refractivity contribution is -0.124. The van der Waals surface area contributed by atoms with Gasteiger partial charge in [-0.2, -0.15) is 0 Å². The summed E-state index contributed by atoms with van der Waals surface area (Å²) < 4.78 is 13.1. The van der Waals surface area contributed by atoms with Crippen LogP contribution in [0.2, 0.25) is 0 Å². The predicted molar refractivity (Wildman–Crippen MR) is 104 cm³/mol. The minimum Gasteiger partial charge on any atom is -0.395 e. The molecule has 0 bridgehead atoms. The smallest absolute Gasteiger partial charge is 0.175 e. The molecular weight excluding hydrogens is 361 g/mol. The van der Waals surface area contributed by atoms with Crippen molar-refractivity contribution in [2.24, 2.45) is 0 Å². The van der Waals surface area contributed by atoms with Crippen molar-refractivity contribution >= 4 is 11.6 Å². The molecule has 152 valence electrons. The Morgan fingerprint density at radius 3 is 2.36 bits per heavy atom. The quantitative estimate of drug-likeness (QED) is 0.411. The topological polar surface area (TPSA) is 72.9 Å². The lowest BCUT2D eigenvalue weighted by atomic mass is 9.79. The van der Waals surface area contributed by atoms with E-state index in [1.165, 1.54) is 12.1 Å². The number of nitrogens with zero attached hydrogens (tertiary/aromatic N) is 2. The monoisotopic (exact) mass is 389 g/mol. The number of hydrogen-bond donors (Lipinski definition) is 2. The van der Waals surface area contributed by atoms with Gasteiger partial charge in [0.1, 0.15) is 5.82 Å². The molecule has 6 nitrogen and oxygen atoms in total. The van der Waals surface area contributed by atoms with Gasteiger partial charge in [0.25, 0.3) is 0 Å². The highest BCUT2D eigenvalue weighted by atomic mass is 19.1. The Morgan fingerprint density at radius 2 is 1.71 bits per heavy atom. The van der Waals surface area contributed by atoms with Gasteiger partial charge >= 0.3 is 0 Å². The summed E-state index contributed by atoms with van der Waals surface area (Å²) in [6.07, 6.45) is 2.36. The van der Waals surface area contributed by atoms with Crippen LogP contribution in [0.5, 0.6) is 0 Å². The summed E-state index contributed by atoms with van der Waals surface area (Å²) in [7, 11) is 0. The average Bonchev–Trinajstić information content (AvgIpc) is 2.70. The van der Waals surface area contributed by atoms with Crippen LogP contribution in [0.15, 0.2) is 36.0 Å². The number of Topliss-reactive ketones (excluding diaryl/α,β-unsaturated/α-hetero) is 2. The molecule has 2 N–H and O–H groups in total. The van der Waals surface area contributed by atoms with Gasteiger partial charge < -0.3 is 10.4 Å². The van der Waals surface area contributed by atoms with Gasteiger partial charge in [-0.05, 0) is 24.1 Å². The number of rotatable bonds is 7. The Balaban J connectivity index is 1.50. The van der Waals surface area contributed by atoms with Crippen LogP contribution in [-0.2, 0) is 9.59 Å². The minimum atomic E-state index is -0.383. The Kier molecular flexibility index (Phi) is 7.30. The molecular formula is C21H28FN3O3. The molecule has 1 aromatic carbocycles. The van der Waals surface area contributed by atoms with E-state index >= 15 is 0 Å². The number of ketones is 2. The fourth-order valence-corrected chi connectivity index (χ4v) is 3.81. The first-order chi connectivity index (χ1) is 13.6. The molecule has 1 heterocycles. The van der Waals surface area contributed by atoms with Gasteiger partial charge in [-0.1, -0.05) is 12.1 Å². The molecule has 7 heteroatoms. The number of nitrogens with one attached hydrogen (secondary N) is 1. The Morgan fingerprint density at radius 1 is 1.07 bits per heavy atom. The number of aliphatic hydroxyl groups excluding tert-OH is 1. The normalized spacial score (nSPS) is 23.4. The predicted octanol–water partition coefficient (Wildman–Crippen LogP) is 0.925. The number of halogens is 1. The second kappa shape index (κ2) is 9.91. The van der Waals surface area contributed by atoms with Crippen molar-refractivity contribution in [2.75, 3.05) is 52.4 Å². The zero-order valence-electron chi connectivity index (χ0n) is 16.1. The molecule has 1 saturated heterocycles. The maximum absolute atomic E-state index is 13.1. The molecule has 0 radical (unpaired) electrons. The number of carbonyl (C=O) groups excluding carboxylic acids is 2. The van der Waals surface area contributed by atoms with Gasteiger partial charge in [-0.25, -0.2) is 4.39 Å². The number of β-amino-alcohol motifs (C(OH)–C–C–N with tert-alkyl or cyclic N) is 1. The van der Waals surface area contributed by atoms with E-state index in [-0.39, 0.29) is 35.5 Å². The van der Waals surface area contributed by atoms with Crippen molar-refractivity contribution in [3.8, 4) is 0 Å². The molecule has 0 aromatic heterocycles. The summed E-state index contributed by atoms with van der Waals surface area (Å²) in [5.74, 6) is -1.04. The van der Waals surface area contributed by atoms with E-state index in [2.05, 4.69) is 15.1 Å². The molecule has 2 aliphatic rings. The molecule has 3 rings (SSSR count). The van der Waals surface area contributed by atoms with Gasteiger partial charge in [-0.15, -0.1) is 0 Å². The first kappa shape index (κ1) is 20.6. The van der Waals surface area contributed by atoms with Crippen molar-refractivity contribution in [3.05, 3.63) is 47.4 Å². The van der Waals surface area contributed by atoms with Crippen LogP contribution in [0, 0.1) is 5.82 Å². The standard InChI is InChI=1S/C21H28FN3O3/c22-17-3-1-16(2-4-17)18-5-6-20(27)19(21(18)28)15-23-7-8-24-9-11-25(12-10-24)13-14-26/h1-4,15,18,23,26H,5-14H2/b19-15+. The summed E-state index contributed by atoms with van der Waals surface area (Å²) >= 11 is 0. The summed E-state index contributed by atoms with van der Waals surface area (Å²) in [6.45, 7) is 6.18. The second-order valence-corrected chi connectivity index (χ2v) is 7.35. The summed E-state index contributed by atoms with van der Waals surface area (Å²) in [4.78, 5) is 29.5. The highest BCUT2D eigenvalue weighted by Crippen LogP contribution is 2.31. The van der Waals surface area contributed by atoms with E-state index in [1.54, 1.807) is 18.3 Å². The molecule has 1 aliphatic heterocycles. The summed E-state index contributed by atoms with van der Waals surface area (Å²) in [6, 6.07) is 5.94. The van der Waals surface area contributed by atoms with Crippen LogP contribution in [0.4, 0.5) is 4.39 Å². The molecule has 1 atom stereocenters.